The van der Waals surface area contributed by atoms with Crippen molar-refractivity contribution in [2.45, 2.75) is 26.6 Å². The number of rotatable bonds is 8. The summed E-state index contributed by atoms with van der Waals surface area (Å²) in [4.78, 5) is 24.2. The molecule has 0 aliphatic carbocycles. The zero-order valence-corrected chi connectivity index (χ0v) is 18.2. The Kier molecular flexibility index (Phi) is 7.48. The number of thiocarbonyl (C=S) groups is 1. The number of nitrogens with one attached hydrogen (secondary N) is 1. The predicted octanol–water partition coefficient (Wildman–Crippen LogP) is 4.08. The van der Waals surface area contributed by atoms with Crippen LogP contribution in [0.1, 0.15) is 25.0 Å². The maximum atomic E-state index is 11.8. The van der Waals surface area contributed by atoms with Crippen LogP contribution in [0.3, 0.4) is 0 Å². The highest BCUT2D eigenvalue weighted by atomic mass is 32.2. The lowest BCUT2D eigenvalue weighted by atomic mass is 10.2. The van der Waals surface area contributed by atoms with E-state index < -0.39 is 12.1 Å². The van der Waals surface area contributed by atoms with Crippen LogP contribution in [-0.4, -0.2) is 28.9 Å². The summed E-state index contributed by atoms with van der Waals surface area (Å²) in [5.41, 5.74) is 1.63. The minimum atomic E-state index is -0.720. The molecule has 2 aromatic carbocycles. The molecule has 6 nitrogen and oxygen atoms in total. The number of thioether (sulfide) groups is 1. The van der Waals surface area contributed by atoms with E-state index in [0.717, 1.165) is 11.1 Å². The second-order valence-electron chi connectivity index (χ2n) is 6.33. The molecule has 0 aromatic heterocycles. The topological polar surface area (TPSA) is 73.9 Å². The van der Waals surface area contributed by atoms with Gasteiger partial charge in [0.15, 0.2) is 6.10 Å². The van der Waals surface area contributed by atoms with E-state index in [1.54, 1.807) is 26.0 Å². The fourth-order valence-electron chi connectivity index (χ4n) is 2.66. The van der Waals surface area contributed by atoms with Crippen molar-refractivity contribution in [3.05, 3.63) is 64.6 Å². The van der Waals surface area contributed by atoms with E-state index in [-0.39, 0.29) is 12.5 Å². The van der Waals surface area contributed by atoms with Gasteiger partial charge in [-0.1, -0.05) is 54.3 Å². The first kappa shape index (κ1) is 21.9. The van der Waals surface area contributed by atoms with Crippen LogP contribution in [0.25, 0.3) is 6.08 Å². The van der Waals surface area contributed by atoms with Crippen LogP contribution in [0.5, 0.6) is 11.5 Å². The standard InChI is InChI=1S/C22H21NO5S2/c1-3-26-21(25)14(2)28-18-10-5-4-8-16(18)13-27-17-9-6-7-15(11-17)12-19-20(24)23-22(29)30-19/h4-12,14H,3,13H2,1-2H3,(H,23,24,29). The summed E-state index contributed by atoms with van der Waals surface area (Å²) in [5, 5.41) is 2.60. The van der Waals surface area contributed by atoms with Gasteiger partial charge < -0.3 is 19.5 Å². The SMILES string of the molecule is CCOC(=O)C(C)Oc1ccccc1COc1cccc(C=C2SC(=S)NC2=O)c1. The molecule has 0 spiro atoms. The first-order valence-corrected chi connectivity index (χ1v) is 10.6. The quantitative estimate of drug-likeness (QED) is 0.374. The van der Waals surface area contributed by atoms with Crippen molar-refractivity contribution in [3.8, 4) is 11.5 Å². The Balaban J connectivity index is 1.68. The van der Waals surface area contributed by atoms with Crippen molar-refractivity contribution in [1.82, 2.24) is 5.32 Å². The molecule has 0 saturated carbocycles. The Morgan fingerprint density at radius 2 is 2.03 bits per heavy atom. The number of hydrogen-bond acceptors (Lipinski definition) is 7. The summed E-state index contributed by atoms with van der Waals surface area (Å²) in [5.74, 6) is 0.591. The fourth-order valence-corrected chi connectivity index (χ4v) is 3.71. The third kappa shape index (κ3) is 5.84. The molecule has 3 rings (SSSR count). The number of para-hydroxylation sites is 1. The lowest BCUT2D eigenvalue weighted by molar-refractivity contribution is -0.150. The van der Waals surface area contributed by atoms with E-state index in [2.05, 4.69) is 5.32 Å². The molecule has 0 radical (unpaired) electrons. The Hall–Kier alpha value is -2.84. The van der Waals surface area contributed by atoms with Crippen LogP contribution in [0.4, 0.5) is 0 Å². The van der Waals surface area contributed by atoms with Crippen LogP contribution in [-0.2, 0) is 20.9 Å². The van der Waals surface area contributed by atoms with Gasteiger partial charge >= 0.3 is 5.97 Å². The van der Waals surface area contributed by atoms with Gasteiger partial charge in [0.2, 0.25) is 0 Å². The molecule has 1 heterocycles. The van der Waals surface area contributed by atoms with E-state index in [0.29, 0.717) is 27.3 Å². The molecule has 1 aliphatic rings. The van der Waals surface area contributed by atoms with Gasteiger partial charge in [-0.15, -0.1) is 0 Å². The molecule has 1 atom stereocenters. The molecule has 156 valence electrons. The Morgan fingerprint density at radius 3 is 2.77 bits per heavy atom. The molecular weight excluding hydrogens is 422 g/mol. The van der Waals surface area contributed by atoms with Crippen molar-refractivity contribution in [2.24, 2.45) is 0 Å². The maximum absolute atomic E-state index is 11.8. The van der Waals surface area contributed by atoms with Gasteiger partial charge in [0.25, 0.3) is 5.91 Å². The molecule has 2 aromatic rings. The third-order valence-electron chi connectivity index (χ3n) is 4.09. The van der Waals surface area contributed by atoms with Crippen LogP contribution >= 0.6 is 24.0 Å². The molecule has 1 saturated heterocycles. The van der Waals surface area contributed by atoms with Crippen LogP contribution < -0.4 is 14.8 Å². The highest BCUT2D eigenvalue weighted by Crippen LogP contribution is 2.27. The molecule has 1 amide bonds. The van der Waals surface area contributed by atoms with Crippen molar-refractivity contribution in [2.75, 3.05) is 6.61 Å². The molecular formula is C22H21NO5S2. The van der Waals surface area contributed by atoms with Gasteiger partial charge in [-0.3, -0.25) is 4.79 Å². The van der Waals surface area contributed by atoms with E-state index in [4.69, 9.17) is 26.4 Å². The minimum Gasteiger partial charge on any atom is -0.489 e. The average Bonchev–Trinajstić information content (AvgIpc) is 3.04. The smallest absolute Gasteiger partial charge is 0.347 e. The molecule has 0 bridgehead atoms. The number of carbonyl (C=O) groups is 2. The summed E-state index contributed by atoms with van der Waals surface area (Å²) >= 11 is 6.24. The minimum absolute atomic E-state index is 0.196. The van der Waals surface area contributed by atoms with Gasteiger partial charge in [-0.2, -0.15) is 0 Å². The van der Waals surface area contributed by atoms with Crippen LogP contribution in [0.2, 0.25) is 0 Å². The Morgan fingerprint density at radius 1 is 1.23 bits per heavy atom. The fraction of sp³-hybridized carbons (Fsp3) is 0.227. The highest BCUT2D eigenvalue weighted by molar-refractivity contribution is 8.26. The molecule has 1 fully saturated rings. The lowest BCUT2D eigenvalue weighted by Crippen LogP contribution is -2.26. The van der Waals surface area contributed by atoms with E-state index in [1.165, 1.54) is 11.8 Å². The van der Waals surface area contributed by atoms with E-state index in [1.807, 2.05) is 42.5 Å². The van der Waals surface area contributed by atoms with Crippen molar-refractivity contribution < 1.29 is 23.8 Å². The summed E-state index contributed by atoms with van der Waals surface area (Å²) in [6.45, 7) is 3.96. The van der Waals surface area contributed by atoms with Gasteiger partial charge in [-0.25, -0.2) is 4.79 Å². The first-order chi connectivity index (χ1) is 14.5. The second-order valence-corrected chi connectivity index (χ2v) is 8.05. The van der Waals surface area contributed by atoms with Gasteiger partial charge in [-0.05, 0) is 43.7 Å². The molecule has 1 N–H and O–H groups in total. The summed E-state index contributed by atoms with van der Waals surface area (Å²) in [6, 6.07) is 14.8. The van der Waals surface area contributed by atoms with Crippen molar-refractivity contribution >= 4 is 46.3 Å². The number of hydrogen-bond donors (Lipinski definition) is 1. The van der Waals surface area contributed by atoms with Gasteiger partial charge in [0.1, 0.15) is 22.4 Å². The average molecular weight is 444 g/mol. The Labute approximate surface area is 184 Å². The van der Waals surface area contributed by atoms with Gasteiger partial charge in [0.05, 0.1) is 11.5 Å². The second kappa shape index (κ2) is 10.3. The van der Waals surface area contributed by atoms with Crippen LogP contribution in [0, 0.1) is 0 Å². The van der Waals surface area contributed by atoms with Crippen molar-refractivity contribution in [1.29, 1.82) is 0 Å². The number of ether oxygens (including phenoxy) is 3. The lowest BCUT2D eigenvalue weighted by Gasteiger charge is -2.16. The molecule has 8 heteroatoms. The number of benzene rings is 2. The van der Waals surface area contributed by atoms with Crippen LogP contribution in [0.15, 0.2) is 53.4 Å². The van der Waals surface area contributed by atoms with E-state index >= 15 is 0 Å². The Bertz CT molecular complexity index is 989. The summed E-state index contributed by atoms with van der Waals surface area (Å²) in [7, 11) is 0. The first-order valence-electron chi connectivity index (χ1n) is 9.35. The van der Waals surface area contributed by atoms with Crippen molar-refractivity contribution in [3.63, 3.8) is 0 Å². The zero-order chi connectivity index (χ0) is 21.5. The van der Waals surface area contributed by atoms with Gasteiger partial charge in [0, 0.05) is 5.56 Å². The molecule has 30 heavy (non-hydrogen) atoms. The maximum Gasteiger partial charge on any atom is 0.347 e. The number of carbonyl (C=O) groups excluding carboxylic acids is 2. The molecule has 1 aliphatic heterocycles. The number of amides is 1. The third-order valence-corrected chi connectivity index (χ3v) is 5.25. The highest BCUT2D eigenvalue weighted by Gasteiger charge is 2.22. The molecule has 1 unspecified atom stereocenters. The zero-order valence-electron chi connectivity index (χ0n) is 16.5. The number of esters is 1. The largest absolute Gasteiger partial charge is 0.489 e. The predicted molar refractivity (Wildman–Crippen MR) is 120 cm³/mol. The summed E-state index contributed by atoms with van der Waals surface area (Å²) < 4.78 is 17.1. The van der Waals surface area contributed by atoms with E-state index in [9.17, 15) is 9.59 Å². The normalized spacial score (nSPS) is 15.6. The monoisotopic (exact) mass is 443 g/mol. The summed E-state index contributed by atoms with van der Waals surface area (Å²) in [6.07, 6.45) is 1.05.